The molecule has 66 valence electrons. The Hall–Kier alpha value is -1.59. The average molecular weight is 170 g/mol. The van der Waals surface area contributed by atoms with Gasteiger partial charge in [0.1, 0.15) is 0 Å². The SMILES string of the molecule is CC(C)Nc1n[nH]c(C(=O)O)n1. The minimum Gasteiger partial charge on any atom is -0.475 e. The average Bonchev–Trinajstić information content (AvgIpc) is 2.34. The number of rotatable bonds is 3. The molecule has 0 saturated heterocycles. The normalized spacial score (nSPS) is 10.2. The molecule has 0 aliphatic rings. The molecule has 0 radical (unpaired) electrons. The van der Waals surface area contributed by atoms with E-state index in [4.69, 9.17) is 5.11 Å². The summed E-state index contributed by atoms with van der Waals surface area (Å²) in [7, 11) is 0. The Morgan fingerprint density at radius 2 is 2.33 bits per heavy atom. The number of carboxylic acids is 1. The monoisotopic (exact) mass is 170 g/mol. The van der Waals surface area contributed by atoms with Crippen molar-refractivity contribution in [3.8, 4) is 0 Å². The lowest BCUT2D eigenvalue weighted by atomic mass is 10.4. The standard InChI is InChI=1S/C6H10N4O2/c1-3(2)7-6-8-4(5(11)12)9-10-6/h3H,1-2H3,(H,11,12)(H2,7,8,9,10). The van der Waals surface area contributed by atoms with Gasteiger partial charge in [0, 0.05) is 6.04 Å². The Morgan fingerprint density at radius 1 is 1.67 bits per heavy atom. The first-order chi connectivity index (χ1) is 5.59. The van der Waals surface area contributed by atoms with Gasteiger partial charge < -0.3 is 10.4 Å². The second kappa shape index (κ2) is 3.21. The molecule has 12 heavy (non-hydrogen) atoms. The van der Waals surface area contributed by atoms with Crippen LogP contribution in [-0.2, 0) is 0 Å². The number of anilines is 1. The third-order valence-electron chi connectivity index (χ3n) is 1.11. The van der Waals surface area contributed by atoms with Crippen LogP contribution in [0.3, 0.4) is 0 Å². The first-order valence-corrected chi connectivity index (χ1v) is 3.52. The number of nitrogens with zero attached hydrogens (tertiary/aromatic N) is 2. The number of aromatic nitrogens is 3. The van der Waals surface area contributed by atoms with Crippen molar-refractivity contribution in [2.24, 2.45) is 0 Å². The van der Waals surface area contributed by atoms with Crippen LogP contribution in [0.15, 0.2) is 0 Å². The van der Waals surface area contributed by atoms with Crippen molar-refractivity contribution >= 4 is 11.9 Å². The summed E-state index contributed by atoms with van der Waals surface area (Å²) in [5, 5.41) is 17.3. The molecule has 0 spiro atoms. The van der Waals surface area contributed by atoms with Gasteiger partial charge in [0.2, 0.25) is 11.8 Å². The number of carboxylic acid groups (broad SMARTS) is 1. The smallest absolute Gasteiger partial charge is 0.373 e. The molecule has 1 aromatic heterocycles. The van der Waals surface area contributed by atoms with Crippen molar-refractivity contribution in [3.05, 3.63) is 5.82 Å². The van der Waals surface area contributed by atoms with Crippen LogP contribution in [0, 0.1) is 0 Å². The first-order valence-electron chi connectivity index (χ1n) is 3.52. The molecule has 6 heteroatoms. The van der Waals surface area contributed by atoms with Crippen LogP contribution in [0.1, 0.15) is 24.5 Å². The highest BCUT2D eigenvalue weighted by molar-refractivity contribution is 5.83. The summed E-state index contributed by atoms with van der Waals surface area (Å²) in [6.07, 6.45) is 0. The van der Waals surface area contributed by atoms with Gasteiger partial charge in [0.25, 0.3) is 0 Å². The summed E-state index contributed by atoms with van der Waals surface area (Å²) < 4.78 is 0. The first kappa shape index (κ1) is 8.51. The predicted octanol–water partition coefficient (Wildman–Crippen LogP) is 0.323. The molecule has 0 aromatic carbocycles. The Morgan fingerprint density at radius 3 is 2.75 bits per heavy atom. The number of carbonyl (C=O) groups is 1. The highest BCUT2D eigenvalue weighted by Gasteiger charge is 2.09. The lowest BCUT2D eigenvalue weighted by molar-refractivity contribution is 0.0684. The van der Waals surface area contributed by atoms with Gasteiger partial charge in [-0.25, -0.2) is 4.79 Å². The lowest BCUT2D eigenvalue weighted by Crippen LogP contribution is -2.11. The largest absolute Gasteiger partial charge is 0.475 e. The highest BCUT2D eigenvalue weighted by atomic mass is 16.4. The van der Waals surface area contributed by atoms with E-state index in [2.05, 4.69) is 20.5 Å². The fraction of sp³-hybridized carbons (Fsp3) is 0.500. The molecule has 1 rings (SSSR count). The van der Waals surface area contributed by atoms with Gasteiger partial charge in [-0.05, 0) is 13.8 Å². The van der Waals surface area contributed by atoms with Crippen LogP contribution in [0.4, 0.5) is 5.95 Å². The number of hydrogen-bond donors (Lipinski definition) is 3. The highest BCUT2D eigenvalue weighted by Crippen LogP contribution is 1.99. The van der Waals surface area contributed by atoms with Crippen LogP contribution in [0.2, 0.25) is 0 Å². The van der Waals surface area contributed by atoms with Crippen LogP contribution in [-0.4, -0.2) is 32.3 Å². The van der Waals surface area contributed by atoms with E-state index in [1.807, 2.05) is 13.8 Å². The van der Waals surface area contributed by atoms with Gasteiger partial charge in [-0.1, -0.05) is 0 Å². The van der Waals surface area contributed by atoms with Gasteiger partial charge in [0.05, 0.1) is 0 Å². The van der Waals surface area contributed by atoms with Crippen molar-refractivity contribution in [1.29, 1.82) is 0 Å². The zero-order chi connectivity index (χ0) is 9.14. The topological polar surface area (TPSA) is 90.9 Å². The van der Waals surface area contributed by atoms with E-state index in [9.17, 15) is 4.79 Å². The van der Waals surface area contributed by atoms with E-state index in [0.29, 0.717) is 5.95 Å². The van der Waals surface area contributed by atoms with Crippen molar-refractivity contribution in [2.75, 3.05) is 5.32 Å². The van der Waals surface area contributed by atoms with Gasteiger partial charge in [-0.15, -0.1) is 5.10 Å². The molecular weight excluding hydrogens is 160 g/mol. The van der Waals surface area contributed by atoms with E-state index in [0.717, 1.165) is 0 Å². The van der Waals surface area contributed by atoms with E-state index >= 15 is 0 Å². The van der Waals surface area contributed by atoms with E-state index in [-0.39, 0.29) is 11.9 Å². The summed E-state index contributed by atoms with van der Waals surface area (Å²) in [5.74, 6) is -0.958. The molecule has 0 fully saturated rings. The minimum absolute atomic E-state index is 0.154. The quantitative estimate of drug-likeness (QED) is 0.607. The molecule has 0 amide bonds. The summed E-state index contributed by atoms with van der Waals surface area (Å²) in [5.41, 5.74) is 0. The van der Waals surface area contributed by atoms with Crippen LogP contribution >= 0.6 is 0 Å². The van der Waals surface area contributed by atoms with Crippen molar-refractivity contribution in [1.82, 2.24) is 15.2 Å². The summed E-state index contributed by atoms with van der Waals surface area (Å²) in [4.78, 5) is 14.0. The van der Waals surface area contributed by atoms with Crippen LogP contribution in [0.25, 0.3) is 0 Å². The molecule has 6 nitrogen and oxygen atoms in total. The van der Waals surface area contributed by atoms with E-state index < -0.39 is 5.97 Å². The summed E-state index contributed by atoms with van der Waals surface area (Å²) in [6, 6.07) is 0.183. The second-order valence-corrected chi connectivity index (χ2v) is 2.61. The lowest BCUT2D eigenvalue weighted by Gasteiger charge is -2.02. The number of aromatic carboxylic acids is 1. The van der Waals surface area contributed by atoms with Crippen LogP contribution in [0.5, 0.6) is 0 Å². The Kier molecular flexibility index (Phi) is 2.27. The molecule has 3 N–H and O–H groups in total. The number of aromatic amines is 1. The van der Waals surface area contributed by atoms with Gasteiger partial charge >= 0.3 is 5.97 Å². The molecular formula is C6H10N4O2. The molecule has 0 unspecified atom stereocenters. The maximum absolute atomic E-state index is 10.3. The Balaban J connectivity index is 2.71. The number of hydrogen-bond acceptors (Lipinski definition) is 4. The molecule has 1 heterocycles. The maximum atomic E-state index is 10.3. The Labute approximate surface area is 69.0 Å². The third-order valence-corrected chi connectivity index (χ3v) is 1.11. The zero-order valence-electron chi connectivity index (χ0n) is 6.83. The van der Waals surface area contributed by atoms with Crippen molar-refractivity contribution in [3.63, 3.8) is 0 Å². The third kappa shape index (κ3) is 1.94. The number of nitrogens with one attached hydrogen (secondary N) is 2. The minimum atomic E-state index is -1.11. The van der Waals surface area contributed by atoms with Gasteiger partial charge in [-0.3, -0.25) is 5.10 Å². The zero-order valence-corrected chi connectivity index (χ0v) is 6.83. The fourth-order valence-electron chi connectivity index (χ4n) is 0.680. The van der Waals surface area contributed by atoms with E-state index in [1.165, 1.54) is 0 Å². The predicted molar refractivity (Wildman–Crippen MR) is 42.1 cm³/mol. The molecule has 0 aliphatic carbocycles. The summed E-state index contributed by atoms with van der Waals surface area (Å²) >= 11 is 0. The van der Waals surface area contributed by atoms with Crippen molar-refractivity contribution < 1.29 is 9.90 Å². The Bertz CT molecular complexity index is 281. The molecule has 0 aliphatic heterocycles. The molecule has 1 aromatic rings. The maximum Gasteiger partial charge on any atom is 0.373 e. The van der Waals surface area contributed by atoms with Gasteiger partial charge in [-0.2, -0.15) is 4.98 Å². The second-order valence-electron chi connectivity index (χ2n) is 2.61. The van der Waals surface area contributed by atoms with Crippen LogP contribution < -0.4 is 5.32 Å². The number of H-pyrrole nitrogens is 1. The van der Waals surface area contributed by atoms with E-state index in [1.54, 1.807) is 0 Å². The van der Waals surface area contributed by atoms with Crippen molar-refractivity contribution in [2.45, 2.75) is 19.9 Å². The van der Waals surface area contributed by atoms with Gasteiger partial charge in [0.15, 0.2) is 0 Å². The fourth-order valence-corrected chi connectivity index (χ4v) is 0.680. The molecule has 0 bridgehead atoms. The summed E-state index contributed by atoms with van der Waals surface area (Å²) in [6.45, 7) is 3.83. The molecule has 0 atom stereocenters. The molecule has 0 saturated carbocycles.